The Hall–Kier alpha value is -2.69. The van der Waals surface area contributed by atoms with Crippen LogP contribution in [0.3, 0.4) is 0 Å². The third-order valence-electron chi connectivity index (χ3n) is 4.13. The minimum Gasteiger partial charge on any atom is -0.354 e. The molecule has 0 aliphatic rings. The third kappa shape index (κ3) is 5.41. The number of anilines is 1. The second-order valence-corrected chi connectivity index (χ2v) is 6.10. The highest BCUT2D eigenvalue weighted by molar-refractivity contribution is 5.97. The number of nitrogens with zero attached hydrogens (tertiary/aromatic N) is 1. The number of halogens is 1. The van der Waals surface area contributed by atoms with Gasteiger partial charge in [-0.25, -0.2) is 4.39 Å². The van der Waals surface area contributed by atoms with Crippen molar-refractivity contribution in [3.63, 3.8) is 0 Å². The first kappa shape index (κ1) is 18.6. The van der Waals surface area contributed by atoms with Gasteiger partial charge in [0.05, 0.1) is 0 Å². The molecule has 0 aromatic heterocycles. The summed E-state index contributed by atoms with van der Waals surface area (Å²) in [7, 11) is 0. The fraction of sp³-hybridized carbons (Fsp3) is 0.300. The molecule has 0 saturated carbocycles. The van der Waals surface area contributed by atoms with Crippen LogP contribution in [0.4, 0.5) is 10.1 Å². The molecule has 4 nitrogen and oxygen atoms in total. The number of benzene rings is 2. The van der Waals surface area contributed by atoms with Gasteiger partial charge in [-0.05, 0) is 61.2 Å². The van der Waals surface area contributed by atoms with Gasteiger partial charge in [0, 0.05) is 19.2 Å². The first-order chi connectivity index (χ1) is 11.9. The normalized spacial score (nSPS) is 10.4. The molecule has 0 unspecified atom stereocenters. The average Bonchev–Trinajstić information content (AvgIpc) is 2.57. The molecule has 0 spiro atoms. The van der Waals surface area contributed by atoms with E-state index in [4.69, 9.17) is 0 Å². The van der Waals surface area contributed by atoms with E-state index in [0.717, 1.165) is 16.7 Å². The van der Waals surface area contributed by atoms with E-state index in [1.54, 1.807) is 12.1 Å². The quantitative estimate of drug-likeness (QED) is 0.877. The van der Waals surface area contributed by atoms with E-state index in [-0.39, 0.29) is 24.2 Å². The molecule has 2 aromatic carbocycles. The average molecular weight is 342 g/mol. The Kier molecular flexibility index (Phi) is 6.28. The van der Waals surface area contributed by atoms with Crippen molar-refractivity contribution in [3.8, 4) is 0 Å². The van der Waals surface area contributed by atoms with E-state index in [9.17, 15) is 14.0 Å². The van der Waals surface area contributed by atoms with Crippen LogP contribution < -0.4 is 10.2 Å². The first-order valence-electron chi connectivity index (χ1n) is 8.23. The molecule has 2 amide bonds. The third-order valence-corrected chi connectivity index (χ3v) is 4.13. The Morgan fingerprint density at radius 1 is 1.04 bits per heavy atom. The Labute approximate surface area is 147 Å². The minimum absolute atomic E-state index is 0.0265. The number of hydrogen-bond donors (Lipinski definition) is 1. The van der Waals surface area contributed by atoms with E-state index in [1.807, 2.05) is 32.0 Å². The fourth-order valence-electron chi connectivity index (χ4n) is 2.47. The van der Waals surface area contributed by atoms with Crippen LogP contribution in [0.1, 0.15) is 23.6 Å². The number of amides is 2. The second kappa shape index (κ2) is 8.42. The standard InChI is InChI=1S/C20H23FN2O2/c1-14-4-9-19(12-15(14)2)23(16(3)24)13-20(25)22-11-10-17-5-7-18(21)8-6-17/h4-9,12H,10-11,13H2,1-3H3,(H,22,25). The topological polar surface area (TPSA) is 49.4 Å². The Morgan fingerprint density at radius 2 is 1.72 bits per heavy atom. The smallest absolute Gasteiger partial charge is 0.240 e. The summed E-state index contributed by atoms with van der Waals surface area (Å²) in [6.45, 7) is 5.82. The van der Waals surface area contributed by atoms with Gasteiger partial charge in [0.25, 0.3) is 0 Å². The van der Waals surface area contributed by atoms with Gasteiger partial charge in [-0.1, -0.05) is 18.2 Å². The van der Waals surface area contributed by atoms with E-state index in [2.05, 4.69) is 5.32 Å². The van der Waals surface area contributed by atoms with E-state index in [1.165, 1.54) is 24.0 Å². The van der Waals surface area contributed by atoms with Gasteiger partial charge in [0.15, 0.2) is 0 Å². The summed E-state index contributed by atoms with van der Waals surface area (Å²) in [5.74, 6) is -0.689. The summed E-state index contributed by atoms with van der Waals surface area (Å²) in [5.41, 5.74) is 3.86. The minimum atomic E-state index is -0.279. The van der Waals surface area contributed by atoms with Crippen LogP contribution in [-0.2, 0) is 16.0 Å². The van der Waals surface area contributed by atoms with Crippen LogP contribution in [0.5, 0.6) is 0 Å². The molecule has 0 radical (unpaired) electrons. The summed E-state index contributed by atoms with van der Waals surface area (Å²) in [6.07, 6.45) is 0.607. The zero-order valence-electron chi connectivity index (χ0n) is 14.8. The fourth-order valence-corrected chi connectivity index (χ4v) is 2.47. The largest absolute Gasteiger partial charge is 0.354 e. The molecule has 0 saturated heterocycles. The summed E-state index contributed by atoms with van der Waals surface area (Å²) < 4.78 is 12.9. The lowest BCUT2D eigenvalue weighted by atomic mass is 10.1. The van der Waals surface area contributed by atoms with Crippen molar-refractivity contribution < 1.29 is 14.0 Å². The molecule has 2 aromatic rings. The second-order valence-electron chi connectivity index (χ2n) is 6.10. The molecule has 5 heteroatoms. The Balaban J connectivity index is 1.92. The van der Waals surface area contributed by atoms with Crippen LogP contribution in [0.2, 0.25) is 0 Å². The van der Waals surface area contributed by atoms with Gasteiger partial charge < -0.3 is 10.2 Å². The molecule has 0 bridgehead atoms. The Bertz CT molecular complexity index is 757. The molecule has 132 valence electrons. The number of aryl methyl sites for hydroxylation is 2. The summed E-state index contributed by atoms with van der Waals surface area (Å²) in [5, 5.41) is 2.80. The van der Waals surface area contributed by atoms with Gasteiger partial charge in [-0.2, -0.15) is 0 Å². The molecule has 25 heavy (non-hydrogen) atoms. The SMILES string of the molecule is CC(=O)N(CC(=O)NCCc1ccc(F)cc1)c1ccc(C)c(C)c1. The van der Waals surface area contributed by atoms with Crippen molar-refractivity contribution in [1.82, 2.24) is 5.32 Å². The van der Waals surface area contributed by atoms with Crippen molar-refractivity contribution in [3.05, 3.63) is 65.0 Å². The Morgan fingerprint density at radius 3 is 2.32 bits per heavy atom. The molecule has 1 N–H and O–H groups in total. The van der Waals surface area contributed by atoms with Gasteiger partial charge in [-0.15, -0.1) is 0 Å². The lowest BCUT2D eigenvalue weighted by molar-refractivity contribution is -0.123. The van der Waals surface area contributed by atoms with Crippen molar-refractivity contribution in [2.45, 2.75) is 27.2 Å². The molecular formula is C20H23FN2O2. The maximum atomic E-state index is 12.9. The van der Waals surface area contributed by atoms with Crippen molar-refractivity contribution >= 4 is 17.5 Å². The number of rotatable bonds is 6. The highest BCUT2D eigenvalue weighted by Gasteiger charge is 2.16. The molecule has 0 atom stereocenters. The molecule has 0 fully saturated rings. The van der Waals surface area contributed by atoms with Crippen LogP contribution in [-0.4, -0.2) is 24.9 Å². The maximum absolute atomic E-state index is 12.9. The lowest BCUT2D eigenvalue weighted by Gasteiger charge is -2.21. The van der Waals surface area contributed by atoms with Gasteiger partial charge in [0.1, 0.15) is 12.4 Å². The molecule has 0 aliphatic heterocycles. The van der Waals surface area contributed by atoms with Crippen LogP contribution in [0.25, 0.3) is 0 Å². The zero-order valence-corrected chi connectivity index (χ0v) is 14.8. The van der Waals surface area contributed by atoms with Crippen molar-refractivity contribution in [1.29, 1.82) is 0 Å². The highest BCUT2D eigenvalue weighted by atomic mass is 19.1. The summed E-state index contributed by atoms with van der Waals surface area (Å²) in [4.78, 5) is 25.5. The molecule has 0 heterocycles. The van der Waals surface area contributed by atoms with Gasteiger partial charge >= 0.3 is 0 Å². The number of carbonyl (C=O) groups is 2. The predicted octanol–water partition coefficient (Wildman–Crippen LogP) is 3.15. The molecule has 2 rings (SSSR count). The van der Waals surface area contributed by atoms with E-state index >= 15 is 0 Å². The molecule has 0 aliphatic carbocycles. The predicted molar refractivity (Wildman–Crippen MR) is 97.1 cm³/mol. The highest BCUT2D eigenvalue weighted by Crippen LogP contribution is 2.18. The van der Waals surface area contributed by atoms with Crippen molar-refractivity contribution in [2.24, 2.45) is 0 Å². The van der Waals surface area contributed by atoms with Crippen LogP contribution in [0, 0.1) is 19.7 Å². The van der Waals surface area contributed by atoms with Crippen molar-refractivity contribution in [2.75, 3.05) is 18.0 Å². The van der Waals surface area contributed by atoms with Crippen LogP contribution in [0.15, 0.2) is 42.5 Å². The van der Waals surface area contributed by atoms with E-state index < -0.39 is 0 Å². The molecular weight excluding hydrogens is 319 g/mol. The first-order valence-corrected chi connectivity index (χ1v) is 8.23. The zero-order chi connectivity index (χ0) is 18.4. The summed E-state index contributed by atoms with van der Waals surface area (Å²) >= 11 is 0. The van der Waals surface area contributed by atoms with Gasteiger partial charge in [0.2, 0.25) is 11.8 Å². The van der Waals surface area contributed by atoms with Crippen LogP contribution >= 0.6 is 0 Å². The number of hydrogen-bond acceptors (Lipinski definition) is 2. The van der Waals surface area contributed by atoms with Gasteiger partial charge in [-0.3, -0.25) is 9.59 Å². The number of nitrogens with one attached hydrogen (secondary N) is 1. The lowest BCUT2D eigenvalue weighted by Crippen LogP contribution is -2.40. The number of carbonyl (C=O) groups excluding carboxylic acids is 2. The summed E-state index contributed by atoms with van der Waals surface area (Å²) in [6, 6.07) is 11.9. The maximum Gasteiger partial charge on any atom is 0.240 e. The van der Waals surface area contributed by atoms with E-state index in [0.29, 0.717) is 18.7 Å². The monoisotopic (exact) mass is 342 g/mol.